The molecular formula is C15H27ClN2O2. The summed E-state index contributed by atoms with van der Waals surface area (Å²) in [7, 11) is 0. The number of likely N-dealkylation sites (tertiary alicyclic amines) is 1. The Morgan fingerprint density at radius 1 is 1.10 bits per heavy atom. The van der Waals surface area contributed by atoms with Gasteiger partial charge in [0.1, 0.15) is 6.10 Å². The molecule has 1 unspecified atom stereocenters. The van der Waals surface area contributed by atoms with Crippen molar-refractivity contribution in [3.8, 4) is 0 Å². The van der Waals surface area contributed by atoms with Crippen LogP contribution in [0.25, 0.3) is 0 Å². The summed E-state index contributed by atoms with van der Waals surface area (Å²) in [6, 6.07) is 0. The number of ether oxygens (including phenoxy) is 1. The van der Waals surface area contributed by atoms with E-state index in [1.54, 1.807) is 0 Å². The Morgan fingerprint density at radius 2 is 1.80 bits per heavy atom. The number of carbonyl (C=O) groups excluding carboxylic acids is 1. The number of hydrogen-bond acceptors (Lipinski definition) is 3. The molecule has 2 saturated heterocycles. The van der Waals surface area contributed by atoms with E-state index in [9.17, 15) is 4.79 Å². The van der Waals surface area contributed by atoms with Gasteiger partial charge in [-0.15, -0.1) is 12.4 Å². The number of halogens is 1. The normalized spacial score (nSPS) is 29.8. The molecule has 116 valence electrons. The molecule has 20 heavy (non-hydrogen) atoms. The molecule has 3 aliphatic rings. The van der Waals surface area contributed by atoms with Gasteiger partial charge in [-0.3, -0.25) is 4.79 Å². The van der Waals surface area contributed by atoms with Gasteiger partial charge in [0.15, 0.2) is 0 Å². The molecular weight excluding hydrogens is 276 g/mol. The van der Waals surface area contributed by atoms with Gasteiger partial charge in [-0.25, -0.2) is 0 Å². The number of hydrogen-bond donors (Lipinski definition) is 1. The van der Waals surface area contributed by atoms with Crippen molar-refractivity contribution >= 4 is 18.3 Å². The molecule has 4 nitrogen and oxygen atoms in total. The minimum atomic E-state index is -0.242. The maximum Gasteiger partial charge on any atom is 0.253 e. The lowest BCUT2D eigenvalue weighted by Crippen LogP contribution is -2.52. The number of rotatable bonds is 1. The minimum Gasteiger partial charge on any atom is -0.366 e. The molecule has 1 spiro atoms. The fourth-order valence-electron chi connectivity index (χ4n) is 3.93. The van der Waals surface area contributed by atoms with Gasteiger partial charge in [0.25, 0.3) is 5.91 Å². The van der Waals surface area contributed by atoms with Crippen molar-refractivity contribution in [2.75, 3.05) is 32.8 Å². The van der Waals surface area contributed by atoms with E-state index in [0.717, 1.165) is 19.6 Å². The first-order valence-corrected chi connectivity index (χ1v) is 7.90. The van der Waals surface area contributed by atoms with E-state index in [0.29, 0.717) is 18.6 Å². The molecule has 0 aromatic heterocycles. The number of amides is 1. The minimum absolute atomic E-state index is 0. The summed E-state index contributed by atoms with van der Waals surface area (Å²) >= 11 is 0. The van der Waals surface area contributed by atoms with Crippen molar-refractivity contribution in [1.29, 1.82) is 0 Å². The highest BCUT2D eigenvalue weighted by atomic mass is 35.5. The number of nitrogens with one attached hydrogen (secondary N) is 1. The molecule has 3 fully saturated rings. The highest BCUT2D eigenvalue weighted by Crippen LogP contribution is 2.44. The van der Waals surface area contributed by atoms with E-state index in [1.807, 2.05) is 4.90 Å². The van der Waals surface area contributed by atoms with Crippen molar-refractivity contribution in [2.45, 2.75) is 51.0 Å². The topological polar surface area (TPSA) is 41.6 Å². The molecule has 2 aliphatic heterocycles. The van der Waals surface area contributed by atoms with Crippen LogP contribution in [0.1, 0.15) is 44.9 Å². The maximum absolute atomic E-state index is 12.4. The SMILES string of the molecule is Cl.O=C(C1CNCCO1)N1CCC2(CCCCC2)CC1. The molecule has 0 bridgehead atoms. The summed E-state index contributed by atoms with van der Waals surface area (Å²) in [5.74, 6) is 0.206. The Morgan fingerprint density at radius 3 is 2.40 bits per heavy atom. The second kappa shape index (κ2) is 7.10. The molecule has 0 aromatic carbocycles. The first-order chi connectivity index (χ1) is 9.29. The van der Waals surface area contributed by atoms with Crippen molar-refractivity contribution in [2.24, 2.45) is 5.41 Å². The lowest BCUT2D eigenvalue weighted by Gasteiger charge is -2.45. The zero-order valence-corrected chi connectivity index (χ0v) is 13.1. The second-order valence-electron chi connectivity index (χ2n) is 6.45. The van der Waals surface area contributed by atoms with E-state index in [1.165, 1.54) is 44.9 Å². The third-order valence-electron chi connectivity index (χ3n) is 5.25. The van der Waals surface area contributed by atoms with Crippen molar-refractivity contribution in [3.05, 3.63) is 0 Å². The molecule has 1 N–H and O–H groups in total. The molecule has 3 rings (SSSR count). The third kappa shape index (κ3) is 3.46. The Labute approximate surface area is 128 Å². The van der Waals surface area contributed by atoms with Crippen LogP contribution < -0.4 is 5.32 Å². The summed E-state index contributed by atoms with van der Waals surface area (Å²) < 4.78 is 5.58. The average molecular weight is 303 g/mol. The predicted molar refractivity (Wildman–Crippen MR) is 81.2 cm³/mol. The van der Waals surface area contributed by atoms with Crippen LogP contribution in [0, 0.1) is 5.41 Å². The number of nitrogens with zero attached hydrogens (tertiary/aromatic N) is 1. The monoisotopic (exact) mass is 302 g/mol. The first kappa shape index (κ1) is 16.1. The van der Waals surface area contributed by atoms with Gasteiger partial charge in [0, 0.05) is 26.2 Å². The van der Waals surface area contributed by atoms with Gasteiger partial charge in [0.2, 0.25) is 0 Å². The molecule has 0 aromatic rings. The summed E-state index contributed by atoms with van der Waals surface area (Å²) in [4.78, 5) is 14.4. The lowest BCUT2D eigenvalue weighted by molar-refractivity contribution is -0.147. The Hall–Kier alpha value is -0.320. The highest BCUT2D eigenvalue weighted by Gasteiger charge is 2.38. The van der Waals surface area contributed by atoms with E-state index in [-0.39, 0.29) is 24.4 Å². The van der Waals surface area contributed by atoms with Crippen molar-refractivity contribution in [3.63, 3.8) is 0 Å². The van der Waals surface area contributed by atoms with Gasteiger partial charge in [-0.2, -0.15) is 0 Å². The van der Waals surface area contributed by atoms with E-state index >= 15 is 0 Å². The Bertz CT molecular complexity index is 316. The smallest absolute Gasteiger partial charge is 0.253 e. The fraction of sp³-hybridized carbons (Fsp3) is 0.933. The van der Waals surface area contributed by atoms with Gasteiger partial charge >= 0.3 is 0 Å². The van der Waals surface area contributed by atoms with E-state index in [4.69, 9.17) is 4.74 Å². The molecule has 1 aliphatic carbocycles. The summed E-state index contributed by atoms with van der Waals surface area (Å²) in [6.07, 6.45) is 9.14. The van der Waals surface area contributed by atoms with Gasteiger partial charge in [-0.05, 0) is 31.1 Å². The molecule has 5 heteroatoms. The summed E-state index contributed by atoms with van der Waals surface area (Å²) in [5.41, 5.74) is 0.570. The zero-order chi connectivity index (χ0) is 13.1. The molecule has 2 heterocycles. The predicted octanol–water partition coefficient (Wildman–Crippen LogP) is 1.97. The summed E-state index contributed by atoms with van der Waals surface area (Å²) in [6.45, 7) is 4.10. The van der Waals surface area contributed by atoms with Crippen LogP contribution in [0.5, 0.6) is 0 Å². The quantitative estimate of drug-likeness (QED) is 0.805. The Kier molecular flexibility index (Phi) is 5.70. The van der Waals surface area contributed by atoms with Crippen LogP contribution >= 0.6 is 12.4 Å². The van der Waals surface area contributed by atoms with Crippen molar-refractivity contribution in [1.82, 2.24) is 10.2 Å². The highest BCUT2D eigenvalue weighted by molar-refractivity contribution is 5.85. The van der Waals surface area contributed by atoms with Crippen LogP contribution in [-0.4, -0.2) is 49.7 Å². The summed E-state index contributed by atoms with van der Waals surface area (Å²) in [5, 5.41) is 3.24. The fourth-order valence-corrected chi connectivity index (χ4v) is 3.93. The molecule has 1 saturated carbocycles. The average Bonchev–Trinajstić information content (AvgIpc) is 2.49. The standard InChI is InChI=1S/C15H26N2O2.ClH/c18-14(13-12-16-8-11-19-13)17-9-6-15(7-10-17)4-2-1-3-5-15;/h13,16H,1-12H2;1H. The van der Waals surface area contributed by atoms with Gasteiger partial charge < -0.3 is 15.0 Å². The number of morpholine rings is 1. The maximum atomic E-state index is 12.4. The van der Waals surface area contributed by atoms with Crippen LogP contribution in [0.15, 0.2) is 0 Å². The Balaban J connectivity index is 0.00000147. The third-order valence-corrected chi connectivity index (χ3v) is 5.25. The van der Waals surface area contributed by atoms with E-state index < -0.39 is 0 Å². The molecule has 0 radical (unpaired) electrons. The van der Waals surface area contributed by atoms with Crippen LogP contribution in [0.3, 0.4) is 0 Å². The van der Waals surface area contributed by atoms with Crippen LogP contribution in [0.4, 0.5) is 0 Å². The van der Waals surface area contributed by atoms with Crippen molar-refractivity contribution < 1.29 is 9.53 Å². The number of carbonyl (C=O) groups is 1. The van der Waals surface area contributed by atoms with E-state index in [2.05, 4.69) is 5.32 Å². The van der Waals surface area contributed by atoms with Gasteiger partial charge in [0.05, 0.1) is 6.61 Å². The zero-order valence-electron chi connectivity index (χ0n) is 12.2. The second-order valence-corrected chi connectivity index (χ2v) is 6.45. The number of piperidine rings is 1. The largest absolute Gasteiger partial charge is 0.366 e. The lowest BCUT2D eigenvalue weighted by atomic mass is 9.68. The van der Waals surface area contributed by atoms with Crippen LogP contribution in [0.2, 0.25) is 0 Å². The van der Waals surface area contributed by atoms with Crippen LogP contribution in [-0.2, 0) is 9.53 Å². The van der Waals surface area contributed by atoms with Gasteiger partial charge in [-0.1, -0.05) is 19.3 Å². The molecule has 1 atom stereocenters. The first-order valence-electron chi connectivity index (χ1n) is 7.90. The molecule has 1 amide bonds.